The number of imidazole rings is 1. The average Bonchev–Trinajstić information content (AvgIpc) is 2.43. The minimum atomic E-state index is 0. The number of aryl methyl sites for hydroxylation is 1. The van der Waals surface area contributed by atoms with Gasteiger partial charge in [0.15, 0.2) is 0 Å². The van der Waals surface area contributed by atoms with Crippen molar-refractivity contribution in [1.29, 1.82) is 0 Å². The van der Waals surface area contributed by atoms with Gasteiger partial charge in [0.05, 0.1) is 0 Å². The molecule has 9 heavy (non-hydrogen) atoms. The van der Waals surface area contributed by atoms with Crippen LogP contribution in [0.3, 0.4) is 0 Å². The first-order valence-electron chi connectivity index (χ1n) is 3.41. The molecular weight excluding hydrogens is 112 g/mol. The average molecular weight is 128 g/mol. The molecule has 1 N–H and O–H groups in total. The molecule has 0 aliphatic rings. The fourth-order valence-corrected chi connectivity index (χ4v) is 0.491. The van der Waals surface area contributed by atoms with Crippen molar-refractivity contribution in [3.8, 4) is 0 Å². The van der Waals surface area contributed by atoms with Crippen LogP contribution in [0.25, 0.3) is 0 Å². The van der Waals surface area contributed by atoms with Gasteiger partial charge in [-0.3, -0.25) is 0 Å². The van der Waals surface area contributed by atoms with E-state index in [1.807, 2.05) is 20.0 Å². The fourth-order valence-electron chi connectivity index (χ4n) is 0.491. The van der Waals surface area contributed by atoms with Crippen LogP contribution >= 0.6 is 0 Å². The minimum absolute atomic E-state index is 0. The minimum Gasteiger partial charge on any atom is -0.349 e. The van der Waals surface area contributed by atoms with Gasteiger partial charge >= 0.3 is 0 Å². The second-order valence-electron chi connectivity index (χ2n) is 1.39. The first kappa shape index (κ1) is 8.21. The molecule has 0 amide bonds. The second kappa shape index (κ2) is 5.35. The Hall–Kier alpha value is -0.790. The lowest BCUT2D eigenvalue weighted by atomic mass is 10.5. The molecule has 0 saturated carbocycles. The van der Waals surface area contributed by atoms with Gasteiger partial charge in [0, 0.05) is 20.2 Å². The molecular formula is C7H16N2. The summed E-state index contributed by atoms with van der Waals surface area (Å²) in [6.45, 7) is 6.07. The molecule has 2 nitrogen and oxygen atoms in total. The zero-order chi connectivity index (χ0) is 7.11. The van der Waals surface area contributed by atoms with Crippen LogP contribution in [0.5, 0.6) is 0 Å². The summed E-state index contributed by atoms with van der Waals surface area (Å²) in [4.78, 5) is 6.95. The largest absolute Gasteiger partial charge is 0.349 e. The third-order valence-corrected chi connectivity index (χ3v) is 0.890. The Morgan fingerprint density at radius 2 is 2.33 bits per heavy atom. The van der Waals surface area contributed by atoms with Gasteiger partial charge in [-0.1, -0.05) is 20.8 Å². The molecule has 0 aliphatic carbocycles. The SMILES string of the molecule is CC.CCc1ncc[nH]1.[HH]. The molecule has 0 aromatic carbocycles. The van der Waals surface area contributed by atoms with Crippen molar-refractivity contribution in [3.63, 3.8) is 0 Å². The Bertz CT molecular complexity index is 126. The maximum Gasteiger partial charge on any atom is 0.105 e. The molecule has 54 valence electrons. The molecule has 1 aromatic rings. The zero-order valence-electron chi connectivity index (χ0n) is 6.31. The van der Waals surface area contributed by atoms with Crippen molar-refractivity contribution in [1.82, 2.24) is 9.97 Å². The smallest absolute Gasteiger partial charge is 0.105 e. The quantitative estimate of drug-likeness (QED) is 0.617. The van der Waals surface area contributed by atoms with E-state index in [0.717, 1.165) is 12.2 Å². The predicted molar refractivity (Wildman–Crippen MR) is 41.4 cm³/mol. The number of aromatic amines is 1. The molecule has 0 aliphatic heterocycles. The van der Waals surface area contributed by atoms with Crippen LogP contribution in [0.2, 0.25) is 0 Å². The molecule has 0 radical (unpaired) electrons. The lowest BCUT2D eigenvalue weighted by Crippen LogP contribution is -1.78. The zero-order valence-corrected chi connectivity index (χ0v) is 6.31. The van der Waals surface area contributed by atoms with E-state index in [0.29, 0.717) is 0 Å². The number of hydrogen-bond donors (Lipinski definition) is 1. The van der Waals surface area contributed by atoms with Crippen molar-refractivity contribution in [2.24, 2.45) is 0 Å². The molecule has 0 spiro atoms. The molecule has 0 unspecified atom stereocenters. The predicted octanol–water partition coefficient (Wildman–Crippen LogP) is 2.24. The summed E-state index contributed by atoms with van der Waals surface area (Å²) in [5.41, 5.74) is 0. The first-order chi connectivity index (χ1) is 4.43. The highest BCUT2D eigenvalue weighted by atomic mass is 14.9. The van der Waals surface area contributed by atoms with E-state index in [2.05, 4.69) is 16.9 Å². The number of hydrogen-bond acceptors (Lipinski definition) is 1. The summed E-state index contributed by atoms with van der Waals surface area (Å²) >= 11 is 0. The Labute approximate surface area is 57.8 Å². The summed E-state index contributed by atoms with van der Waals surface area (Å²) in [7, 11) is 0. The summed E-state index contributed by atoms with van der Waals surface area (Å²) in [5.74, 6) is 1.06. The lowest BCUT2D eigenvalue weighted by Gasteiger charge is -1.79. The van der Waals surface area contributed by atoms with Gasteiger partial charge in [-0.25, -0.2) is 4.98 Å². The van der Waals surface area contributed by atoms with Crippen molar-refractivity contribution < 1.29 is 1.43 Å². The maximum absolute atomic E-state index is 3.98. The van der Waals surface area contributed by atoms with E-state index in [9.17, 15) is 0 Å². The molecule has 1 rings (SSSR count). The van der Waals surface area contributed by atoms with Crippen LogP contribution in [-0.4, -0.2) is 9.97 Å². The topological polar surface area (TPSA) is 28.7 Å². The Morgan fingerprint density at radius 1 is 1.67 bits per heavy atom. The number of rotatable bonds is 1. The standard InChI is InChI=1S/C5H8N2.C2H6.H2/c1-2-5-6-3-4-7-5;1-2;/h3-4H,2H2,1H3,(H,6,7);1-2H3;1H. The Balaban J connectivity index is 0. The number of nitrogens with zero attached hydrogens (tertiary/aromatic N) is 1. The van der Waals surface area contributed by atoms with Crippen molar-refractivity contribution >= 4 is 0 Å². The van der Waals surface area contributed by atoms with Gasteiger partial charge in [-0.2, -0.15) is 0 Å². The molecule has 1 aromatic heterocycles. The van der Waals surface area contributed by atoms with Crippen LogP contribution in [0.15, 0.2) is 12.4 Å². The van der Waals surface area contributed by atoms with Crippen LogP contribution < -0.4 is 0 Å². The van der Waals surface area contributed by atoms with Crippen molar-refractivity contribution in [3.05, 3.63) is 18.2 Å². The molecule has 1 heterocycles. The molecule has 2 heteroatoms. The molecule has 0 bridgehead atoms. The molecule has 0 fully saturated rings. The van der Waals surface area contributed by atoms with E-state index >= 15 is 0 Å². The summed E-state index contributed by atoms with van der Waals surface area (Å²) in [5, 5.41) is 0. The van der Waals surface area contributed by atoms with Gasteiger partial charge in [0.25, 0.3) is 0 Å². The van der Waals surface area contributed by atoms with E-state index in [-0.39, 0.29) is 1.43 Å². The maximum atomic E-state index is 3.98. The molecule has 0 atom stereocenters. The van der Waals surface area contributed by atoms with Crippen molar-refractivity contribution in [2.45, 2.75) is 27.2 Å². The highest BCUT2D eigenvalue weighted by Gasteiger charge is 1.82. The van der Waals surface area contributed by atoms with Gasteiger partial charge in [0.1, 0.15) is 5.82 Å². The Kier molecular flexibility index (Phi) is 4.88. The second-order valence-corrected chi connectivity index (χ2v) is 1.39. The van der Waals surface area contributed by atoms with Gasteiger partial charge in [-0.15, -0.1) is 0 Å². The van der Waals surface area contributed by atoms with E-state index in [4.69, 9.17) is 0 Å². The van der Waals surface area contributed by atoms with Gasteiger partial charge in [0.2, 0.25) is 0 Å². The van der Waals surface area contributed by atoms with E-state index in [1.165, 1.54) is 0 Å². The highest BCUT2D eigenvalue weighted by Crippen LogP contribution is 1.85. The van der Waals surface area contributed by atoms with Crippen LogP contribution in [0.4, 0.5) is 0 Å². The van der Waals surface area contributed by atoms with Gasteiger partial charge in [-0.05, 0) is 0 Å². The normalized spacial score (nSPS) is 7.89. The molecule has 0 saturated heterocycles. The lowest BCUT2D eigenvalue weighted by molar-refractivity contribution is 0.990. The van der Waals surface area contributed by atoms with Crippen molar-refractivity contribution in [2.75, 3.05) is 0 Å². The van der Waals surface area contributed by atoms with Gasteiger partial charge < -0.3 is 4.98 Å². The van der Waals surface area contributed by atoms with E-state index < -0.39 is 0 Å². The summed E-state index contributed by atoms with van der Waals surface area (Å²) < 4.78 is 0. The highest BCUT2D eigenvalue weighted by molar-refractivity contribution is 4.84. The first-order valence-corrected chi connectivity index (χ1v) is 3.41. The fraction of sp³-hybridized carbons (Fsp3) is 0.571. The third kappa shape index (κ3) is 2.90. The van der Waals surface area contributed by atoms with E-state index in [1.54, 1.807) is 6.20 Å². The summed E-state index contributed by atoms with van der Waals surface area (Å²) in [6.07, 6.45) is 4.59. The van der Waals surface area contributed by atoms with Crippen LogP contribution in [0, 0.1) is 0 Å². The Morgan fingerprint density at radius 3 is 2.56 bits per heavy atom. The van der Waals surface area contributed by atoms with Crippen LogP contribution in [0.1, 0.15) is 28.0 Å². The number of nitrogens with one attached hydrogen (secondary N) is 1. The third-order valence-electron chi connectivity index (χ3n) is 0.890. The van der Waals surface area contributed by atoms with Crippen LogP contribution in [-0.2, 0) is 6.42 Å². The number of aromatic nitrogens is 2. The summed E-state index contributed by atoms with van der Waals surface area (Å²) in [6, 6.07) is 0. The number of H-pyrrole nitrogens is 1. The monoisotopic (exact) mass is 128 g/mol.